The number of hydrogen-bond donors (Lipinski definition) is 4. The van der Waals surface area contributed by atoms with Gasteiger partial charge in [-0.2, -0.15) is 0 Å². The van der Waals surface area contributed by atoms with E-state index in [0.717, 1.165) is 36.6 Å². The molecule has 4 N–H and O–H groups in total. The number of carboxylic acids is 1. The van der Waals surface area contributed by atoms with E-state index in [1.165, 1.54) is 13.8 Å². The Hall–Kier alpha value is -1.22. The predicted octanol–water partition coefficient (Wildman–Crippen LogP) is 2.95. The second-order valence-corrected chi connectivity index (χ2v) is 13.3. The third-order valence-corrected chi connectivity index (χ3v) is 11.3. The maximum Gasteiger partial charge on any atom is 0.309 e. The molecule has 4 aliphatic carbocycles. The third-order valence-electron chi connectivity index (χ3n) is 9.86. The molecule has 0 aromatic rings. The van der Waals surface area contributed by atoms with Crippen molar-refractivity contribution in [2.75, 3.05) is 5.75 Å². The standard InChI is InChI=1S/C26H38O7S/c1-23(2,22(31)32)13-34-21(30)20(29)26(33)10-8-17-16-6-5-14-11-15(27)7-9-24(14,3)19(16)18(28)12-25(17,26)4/h11,16-19,21,28,30,33H,5-10,12-13H2,1-4H3,(H,31,32)/t16?,17?,18-,19?,21?,24+,25+,26+/m1/s1. The molecule has 7 nitrogen and oxygen atoms in total. The maximum atomic E-state index is 13.4. The second kappa shape index (κ2) is 8.43. The number of aliphatic carboxylic acids is 1. The molecule has 4 aliphatic rings. The fourth-order valence-corrected chi connectivity index (χ4v) is 8.77. The Balaban J connectivity index is 1.58. The van der Waals surface area contributed by atoms with Gasteiger partial charge in [0.05, 0.1) is 11.5 Å². The first-order valence-electron chi connectivity index (χ1n) is 12.4. The van der Waals surface area contributed by atoms with Gasteiger partial charge in [-0.1, -0.05) is 19.4 Å². The minimum Gasteiger partial charge on any atom is -0.481 e. The first-order chi connectivity index (χ1) is 15.7. The topological polar surface area (TPSA) is 132 Å². The smallest absolute Gasteiger partial charge is 0.309 e. The van der Waals surface area contributed by atoms with E-state index in [1.54, 1.807) is 6.08 Å². The van der Waals surface area contributed by atoms with Gasteiger partial charge in [-0.15, -0.1) is 11.8 Å². The van der Waals surface area contributed by atoms with E-state index in [4.69, 9.17) is 0 Å². The van der Waals surface area contributed by atoms with Crippen LogP contribution in [0.5, 0.6) is 0 Å². The number of aliphatic hydroxyl groups is 3. The Bertz CT molecular complexity index is 928. The maximum absolute atomic E-state index is 13.4. The van der Waals surface area contributed by atoms with Crippen LogP contribution in [0.15, 0.2) is 11.6 Å². The summed E-state index contributed by atoms with van der Waals surface area (Å²) < 4.78 is 0. The van der Waals surface area contributed by atoms with E-state index in [2.05, 4.69) is 6.92 Å². The summed E-state index contributed by atoms with van der Waals surface area (Å²) in [5.74, 6) is -1.38. The highest BCUT2D eigenvalue weighted by atomic mass is 32.2. The molecule has 8 atom stereocenters. The summed E-state index contributed by atoms with van der Waals surface area (Å²) in [6.45, 7) is 7.09. The normalized spacial score (nSPS) is 42.8. The number of rotatable bonds is 6. The molecule has 4 unspecified atom stereocenters. The highest BCUT2D eigenvalue weighted by Gasteiger charge is 2.68. The number of carboxylic acid groups (broad SMARTS) is 1. The van der Waals surface area contributed by atoms with Crippen molar-refractivity contribution in [3.8, 4) is 0 Å². The Morgan fingerprint density at radius 2 is 1.88 bits per heavy atom. The molecular weight excluding hydrogens is 456 g/mol. The number of Topliss-reactive ketones (excluding diaryl/α,β-unsaturated/α-hetero) is 1. The third kappa shape index (κ3) is 3.71. The van der Waals surface area contributed by atoms with Crippen molar-refractivity contribution >= 4 is 29.3 Å². The molecule has 0 saturated heterocycles. The number of thioether (sulfide) groups is 1. The predicted molar refractivity (Wildman–Crippen MR) is 128 cm³/mol. The summed E-state index contributed by atoms with van der Waals surface area (Å²) in [7, 11) is 0. The number of carbonyl (C=O) groups excluding carboxylic acids is 2. The Morgan fingerprint density at radius 3 is 2.53 bits per heavy atom. The van der Waals surface area contributed by atoms with Gasteiger partial charge < -0.3 is 20.4 Å². The lowest BCUT2D eigenvalue weighted by atomic mass is 9.45. The molecular formula is C26H38O7S. The highest BCUT2D eigenvalue weighted by molar-refractivity contribution is 8.00. The average molecular weight is 495 g/mol. The van der Waals surface area contributed by atoms with Gasteiger partial charge in [0.1, 0.15) is 5.60 Å². The molecule has 34 heavy (non-hydrogen) atoms. The van der Waals surface area contributed by atoms with Crippen LogP contribution < -0.4 is 0 Å². The van der Waals surface area contributed by atoms with Gasteiger partial charge >= 0.3 is 5.97 Å². The number of hydrogen-bond acceptors (Lipinski definition) is 7. The molecule has 0 spiro atoms. The Labute approximate surface area is 205 Å². The number of aliphatic hydroxyl groups excluding tert-OH is 2. The first-order valence-corrected chi connectivity index (χ1v) is 13.4. The molecule has 0 bridgehead atoms. The molecule has 0 heterocycles. The van der Waals surface area contributed by atoms with E-state index in [9.17, 15) is 34.8 Å². The largest absolute Gasteiger partial charge is 0.481 e. The molecule has 8 heteroatoms. The van der Waals surface area contributed by atoms with Gasteiger partial charge in [-0.25, -0.2) is 0 Å². The number of allylic oxidation sites excluding steroid dienone is 1. The zero-order chi connectivity index (χ0) is 25.3. The first kappa shape index (κ1) is 25.9. The van der Waals surface area contributed by atoms with Crippen LogP contribution in [-0.4, -0.2) is 60.9 Å². The number of ketones is 2. The summed E-state index contributed by atoms with van der Waals surface area (Å²) in [5, 5.41) is 43.2. The van der Waals surface area contributed by atoms with E-state index in [-0.39, 0.29) is 47.5 Å². The molecule has 0 amide bonds. The zero-order valence-electron chi connectivity index (χ0n) is 20.5. The van der Waals surface area contributed by atoms with Crippen molar-refractivity contribution in [1.29, 1.82) is 0 Å². The van der Waals surface area contributed by atoms with Crippen molar-refractivity contribution in [1.82, 2.24) is 0 Å². The van der Waals surface area contributed by atoms with Crippen LogP contribution >= 0.6 is 11.8 Å². The highest BCUT2D eigenvalue weighted by Crippen LogP contribution is 2.67. The molecule has 0 aromatic heterocycles. The second-order valence-electron chi connectivity index (χ2n) is 12.2. The van der Waals surface area contributed by atoms with Crippen LogP contribution in [0.2, 0.25) is 0 Å². The number of carbonyl (C=O) groups is 3. The summed E-state index contributed by atoms with van der Waals surface area (Å²) in [6, 6.07) is 0. The van der Waals surface area contributed by atoms with Gasteiger partial charge in [0.25, 0.3) is 0 Å². The van der Waals surface area contributed by atoms with Crippen LogP contribution in [0, 0.1) is 34.0 Å². The van der Waals surface area contributed by atoms with Crippen molar-refractivity contribution in [2.45, 2.75) is 89.8 Å². The van der Waals surface area contributed by atoms with Gasteiger partial charge in [0.15, 0.2) is 11.2 Å². The molecule has 3 fully saturated rings. The molecule has 0 aromatic carbocycles. The van der Waals surface area contributed by atoms with Crippen LogP contribution in [0.4, 0.5) is 0 Å². The van der Waals surface area contributed by atoms with Crippen LogP contribution in [0.1, 0.15) is 72.6 Å². The monoisotopic (exact) mass is 494 g/mol. The zero-order valence-corrected chi connectivity index (χ0v) is 21.4. The fraction of sp³-hybridized carbons (Fsp3) is 0.808. The minimum atomic E-state index is -1.77. The lowest BCUT2D eigenvalue weighted by Gasteiger charge is -2.60. The summed E-state index contributed by atoms with van der Waals surface area (Å²) >= 11 is 0.845. The van der Waals surface area contributed by atoms with E-state index < -0.39 is 39.7 Å². The molecule has 190 valence electrons. The lowest BCUT2D eigenvalue weighted by Crippen LogP contribution is -2.62. The van der Waals surface area contributed by atoms with Crippen molar-refractivity contribution in [2.24, 2.45) is 34.0 Å². The van der Waals surface area contributed by atoms with Gasteiger partial charge in [0.2, 0.25) is 5.78 Å². The van der Waals surface area contributed by atoms with Crippen LogP contribution in [0.3, 0.4) is 0 Å². The van der Waals surface area contributed by atoms with Crippen molar-refractivity contribution in [3.05, 3.63) is 11.6 Å². The summed E-state index contributed by atoms with van der Waals surface area (Å²) in [6.07, 6.45) is 4.98. The Kier molecular flexibility index (Phi) is 6.41. The van der Waals surface area contributed by atoms with Crippen LogP contribution in [0.25, 0.3) is 0 Å². The van der Waals surface area contributed by atoms with Crippen LogP contribution in [-0.2, 0) is 14.4 Å². The molecule has 0 aliphatic heterocycles. The minimum absolute atomic E-state index is 0.0215. The quantitative estimate of drug-likeness (QED) is 0.415. The summed E-state index contributed by atoms with van der Waals surface area (Å²) in [4.78, 5) is 36.9. The molecule has 3 saturated carbocycles. The van der Waals surface area contributed by atoms with E-state index in [0.29, 0.717) is 12.8 Å². The number of fused-ring (bicyclic) bond motifs is 5. The van der Waals surface area contributed by atoms with E-state index >= 15 is 0 Å². The van der Waals surface area contributed by atoms with E-state index in [1.807, 2.05) is 6.92 Å². The van der Waals surface area contributed by atoms with Gasteiger partial charge in [-0.3, -0.25) is 14.4 Å². The molecule has 0 radical (unpaired) electrons. The SMILES string of the molecule is CC(C)(CSC(O)C(=O)[C@@]1(O)CCC2C3CCC4=CC(=O)CC[C@]4(C)C3[C@H](O)C[C@@]21C)C(=O)O. The van der Waals surface area contributed by atoms with Crippen molar-refractivity contribution in [3.63, 3.8) is 0 Å². The Morgan fingerprint density at radius 1 is 1.21 bits per heavy atom. The molecule has 4 rings (SSSR count). The van der Waals surface area contributed by atoms with Crippen molar-refractivity contribution < 1.29 is 34.8 Å². The average Bonchev–Trinajstić information content (AvgIpc) is 3.02. The van der Waals surface area contributed by atoms with Gasteiger partial charge in [0, 0.05) is 17.6 Å². The van der Waals surface area contributed by atoms with Gasteiger partial charge in [-0.05, 0) is 81.6 Å². The lowest BCUT2D eigenvalue weighted by molar-refractivity contribution is -0.183. The summed E-state index contributed by atoms with van der Waals surface area (Å²) in [5.41, 5.74) is -4.42. The fourth-order valence-electron chi connectivity index (χ4n) is 7.73.